The topological polar surface area (TPSA) is 32.3 Å². The number of nitrogens with one attached hydrogen (secondary N) is 1. The maximum absolute atomic E-state index is 12.2. The van der Waals surface area contributed by atoms with E-state index in [-0.39, 0.29) is 18.3 Å². The molecule has 0 unspecified atom stereocenters. The minimum atomic E-state index is 0. The molecule has 1 aliphatic heterocycles. The second kappa shape index (κ2) is 6.45. The Morgan fingerprint density at radius 3 is 2.50 bits per heavy atom. The number of nitrogens with zero attached hydrogens (tertiary/aromatic N) is 1. The molecular weight excluding hydrogens is 224 g/mol. The fourth-order valence-corrected chi connectivity index (χ4v) is 2.59. The van der Waals surface area contributed by atoms with E-state index >= 15 is 0 Å². The van der Waals surface area contributed by atoms with Crippen LogP contribution in [-0.2, 0) is 4.79 Å². The third kappa shape index (κ3) is 2.89. The van der Waals surface area contributed by atoms with Crippen molar-refractivity contribution in [2.45, 2.75) is 45.1 Å². The Labute approximate surface area is 104 Å². The van der Waals surface area contributed by atoms with Crippen LogP contribution in [0.1, 0.15) is 39.0 Å². The molecular formula is C12H23ClN2O. The molecule has 2 aliphatic rings. The molecule has 0 aromatic rings. The number of hydrogen-bond donors (Lipinski definition) is 1. The second-order valence-corrected chi connectivity index (χ2v) is 4.75. The van der Waals surface area contributed by atoms with Crippen molar-refractivity contribution < 1.29 is 4.79 Å². The number of rotatable bonds is 3. The van der Waals surface area contributed by atoms with Crippen molar-refractivity contribution in [3.8, 4) is 0 Å². The van der Waals surface area contributed by atoms with Crippen LogP contribution in [0.3, 0.4) is 0 Å². The number of halogens is 1. The number of carbonyl (C=O) groups excluding carboxylic acids is 1. The number of carbonyl (C=O) groups is 1. The quantitative estimate of drug-likeness (QED) is 0.824. The van der Waals surface area contributed by atoms with Crippen LogP contribution >= 0.6 is 12.4 Å². The van der Waals surface area contributed by atoms with Gasteiger partial charge in [0.15, 0.2) is 0 Å². The van der Waals surface area contributed by atoms with E-state index in [9.17, 15) is 4.79 Å². The summed E-state index contributed by atoms with van der Waals surface area (Å²) in [6, 6.07) is 0.560. The molecule has 0 aromatic heterocycles. The summed E-state index contributed by atoms with van der Waals surface area (Å²) in [7, 11) is 0. The van der Waals surface area contributed by atoms with Gasteiger partial charge in [-0.1, -0.05) is 0 Å². The zero-order chi connectivity index (χ0) is 10.7. The molecule has 1 N–H and O–H groups in total. The first-order valence-corrected chi connectivity index (χ1v) is 6.34. The lowest BCUT2D eigenvalue weighted by Gasteiger charge is -2.39. The molecule has 1 aliphatic carbocycles. The molecule has 1 heterocycles. The zero-order valence-corrected chi connectivity index (χ0v) is 10.9. The number of hydrogen-bond acceptors (Lipinski definition) is 2. The minimum Gasteiger partial charge on any atom is -0.340 e. The Bertz CT molecular complexity index is 225. The van der Waals surface area contributed by atoms with Gasteiger partial charge < -0.3 is 10.2 Å². The van der Waals surface area contributed by atoms with Crippen molar-refractivity contribution in [2.24, 2.45) is 5.92 Å². The Kier molecular flexibility index (Phi) is 5.56. The van der Waals surface area contributed by atoms with E-state index in [1.54, 1.807) is 0 Å². The van der Waals surface area contributed by atoms with Crippen molar-refractivity contribution >= 4 is 18.3 Å². The van der Waals surface area contributed by atoms with Crippen LogP contribution in [-0.4, -0.2) is 36.5 Å². The monoisotopic (exact) mass is 246 g/mol. The summed E-state index contributed by atoms with van der Waals surface area (Å²) in [6.45, 7) is 4.97. The maximum Gasteiger partial charge on any atom is 0.227 e. The summed E-state index contributed by atoms with van der Waals surface area (Å²) in [5.74, 6) is 0.647. The van der Waals surface area contributed by atoms with Crippen molar-refractivity contribution in [3.05, 3.63) is 0 Å². The van der Waals surface area contributed by atoms with Crippen molar-refractivity contribution in [1.29, 1.82) is 0 Å². The van der Waals surface area contributed by atoms with Crippen LogP contribution in [0.25, 0.3) is 0 Å². The van der Waals surface area contributed by atoms with E-state index in [1.165, 1.54) is 19.3 Å². The highest BCUT2D eigenvalue weighted by atomic mass is 35.5. The lowest BCUT2D eigenvalue weighted by atomic mass is 9.89. The number of amides is 1. The van der Waals surface area contributed by atoms with Crippen LogP contribution < -0.4 is 5.32 Å². The zero-order valence-electron chi connectivity index (χ0n) is 10.1. The van der Waals surface area contributed by atoms with E-state index in [2.05, 4.69) is 17.1 Å². The molecule has 0 bridgehead atoms. The normalized spacial score (nSPS) is 25.4. The van der Waals surface area contributed by atoms with Gasteiger partial charge >= 0.3 is 0 Å². The first-order chi connectivity index (χ1) is 7.33. The van der Waals surface area contributed by atoms with Gasteiger partial charge in [0, 0.05) is 19.1 Å². The molecule has 2 rings (SSSR count). The van der Waals surface area contributed by atoms with Gasteiger partial charge in [-0.25, -0.2) is 0 Å². The fraction of sp³-hybridized carbons (Fsp3) is 0.917. The molecule has 1 saturated carbocycles. The lowest BCUT2D eigenvalue weighted by molar-refractivity contribution is -0.139. The SMILES string of the molecule is CCN(C(=O)[C@@H]1CCCNC1)C1CCC1.Cl. The minimum absolute atomic E-state index is 0. The predicted molar refractivity (Wildman–Crippen MR) is 67.9 cm³/mol. The third-order valence-electron chi connectivity index (χ3n) is 3.79. The molecule has 1 atom stereocenters. The van der Waals surface area contributed by atoms with Gasteiger partial charge in [0.2, 0.25) is 5.91 Å². The maximum atomic E-state index is 12.2. The Morgan fingerprint density at radius 1 is 1.31 bits per heavy atom. The standard InChI is InChI=1S/C12H22N2O.ClH/c1-2-14(11-6-3-7-11)12(15)10-5-4-8-13-9-10;/h10-11,13H,2-9H2,1H3;1H/t10-;/m1./s1. The molecule has 1 amide bonds. The van der Waals surface area contributed by atoms with Gasteiger partial charge in [0.25, 0.3) is 0 Å². The molecule has 3 nitrogen and oxygen atoms in total. The predicted octanol–water partition coefficient (Wildman–Crippen LogP) is 1.81. The van der Waals surface area contributed by atoms with Gasteiger partial charge in [0.05, 0.1) is 5.92 Å². The van der Waals surface area contributed by atoms with Gasteiger partial charge in [0.1, 0.15) is 0 Å². The Balaban J connectivity index is 0.00000128. The van der Waals surface area contributed by atoms with E-state index in [1.807, 2.05) is 0 Å². The van der Waals surface area contributed by atoms with E-state index in [0.29, 0.717) is 11.9 Å². The van der Waals surface area contributed by atoms with Crippen molar-refractivity contribution in [2.75, 3.05) is 19.6 Å². The highest BCUT2D eigenvalue weighted by molar-refractivity contribution is 5.85. The molecule has 1 saturated heterocycles. The van der Waals surface area contributed by atoms with Crippen LogP contribution in [0.5, 0.6) is 0 Å². The van der Waals surface area contributed by atoms with E-state index in [4.69, 9.17) is 0 Å². The average Bonchev–Trinajstić information content (AvgIpc) is 2.23. The van der Waals surface area contributed by atoms with E-state index < -0.39 is 0 Å². The third-order valence-corrected chi connectivity index (χ3v) is 3.79. The van der Waals surface area contributed by atoms with Crippen molar-refractivity contribution in [3.63, 3.8) is 0 Å². The molecule has 2 fully saturated rings. The Morgan fingerprint density at radius 2 is 2.06 bits per heavy atom. The lowest BCUT2D eigenvalue weighted by Crippen LogP contribution is -2.49. The van der Waals surface area contributed by atoms with Gasteiger partial charge in [-0.15, -0.1) is 12.4 Å². The molecule has 4 heteroatoms. The fourth-order valence-electron chi connectivity index (χ4n) is 2.59. The molecule has 0 radical (unpaired) electrons. The smallest absolute Gasteiger partial charge is 0.227 e. The van der Waals surface area contributed by atoms with Gasteiger partial charge in [-0.3, -0.25) is 4.79 Å². The van der Waals surface area contributed by atoms with Crippen LogP contribution in [0.4, 0.5) is 0 Å². The van der Waals surface area contributed by atoms with Crippen LogP contribution in [0, 0.1) is 5.92 Å². The molecule has 94 valence electrons. The summed E-state index contributed by atoms with van der Waals surface area (Å²) >= 11 is 0. The van der Waals surface area contributed by atoms with Crippen molar-refractivity contribution in [1.82, 2.24) is 10.2 Å². The summed E-state index contributed by atoms with van der Waals surface area (Å²) < 4.78 is 0. The highest BCUT2D eigenvalue weighted by Gasteiger charge is 2.32. The second-order valence-electron chi connectivity index (χ2n) is 4.75. The Hall–Kier alpha value is -0.280. The molecule has 0 spiro atoms. The average molecular weight is 247 g/mol. The van der Waals surface area contributed by atoms with Gasteiger partial charge in [-0.05, 0) is 45.6 Å². The molecule has 0 aromatic carbocycles. The summed E-state index contributed by atoms with van der Waals surface area (Å²) in [5, 5.41) is 3.32. The first-order valence-electron chi connectivity index (χ1n) is 6.34. The van der Waals surface area contributed by atoms with Crippen LogP contribution in [0.2, 0.25) is 0 Å². The highest BCUT2D eigenvalue weighted by Crippen LogP contribution is 2.26. The van der Waals surface area contributed by atoms with Gasteiger partial charge in [-0.2, -0.15) is 0 Å². The summed E-state index contributed by atoms with van der Waals surface area (Å²) in [6.07, 6.45) is 5.98. The molecule has 16 heavy (non-hydrogen) atoms. The van der Waals surface area contributed by atoms with E-state index in [0.717, 1.165) is 32.5 Å². The largest absolute Gasteiger partial charge is 0.340 e. The van der Waals surface area contributed by atoms with Crippen LogP contribution in [0.15, 0.2) is 0 Å². The number of piperidine rings is 1. The summed E-state index contributed by atoms with van der Waals surface area (Å²) in [5.41, 5.74) is 0. The summed E-state index contributed by atoms with van der Waals surface area (Å²) in [4.78, 5) is 14.4. The first kappa shape index (κ1) is 13.8.